The van der Waals surface area contributed by atoms with Crippen LogP contribution < -0.4 is 20.1 Å². The summed E-state index contributed by atoms with van der Waals surface area (Å²) in [5, 5.41) is 14.4. The molecular formula is C22H19N5O2. The van der Waals surface area contributed by atoms with Crippen molar-refractivity contribution in [2.45, 2.75) is 0 Å². The average molecular weight is 385 g/mol. The van der Waals surface area contributed by atoms with Gasteiger partial charge in [-0.3, -0.25) is 0 Å². The molecule has 2 N–H and O–H groups in total. The van der Waals surface area contributed by atoms with Crippen molar-refractivity contribution in [2.75, 3.05) is 17.7 Å². The number of aromatic nitrogens is 3. The number of ether oxygens (including phenoxy) is 2. The minimum absolute atomic E-state index is 0.384. The number of benzene rings is 3. The number of methoxy groups -OCH3 is 1. The lowest BCUT2D eigenvalue weighted by atomic mass is 10.3. The maximum absolute atomic E-state index is 5.80. The Morgan fingerprint density at radius 1 is 0.724 bits per heavy atom. The number of anilines is 4. The molecule has 0 fully saturated rings. The summed E-state index contributed by atoms with van der Waals surface area (Å²) in [6.07, 6.45) is 1.56. The molecule has 7 heteroatoms. The summed E-state index contributed by atoms with van der Waals surface area (Å²) in [6.45, 7) is 0. The van der Waals surface area contributed by atoms with E-state index in [1.807, 2.05) is 78.9 Å². The van der Waals surface area contributed by atoms with Gasteiger partial charge in [0, 0.05) is 17.4 Å². The lowest BCUT2D eigenvalue weighted by molar-refractivity contribution is 0.415. The Morgan fingerprint density at radius 3 is 2.28 bits per heavy atom. The Balaban J connectivity index is 1.42. The maximum atomic E-state index is 5.80. The van der Waals surface area contributed by atoms with E-state index in [4.69, 9.17) is 9.47 Å². The molecule has 1 aromatic heterocycles. The first-order chi connectivity index (χ1) is 14.3. The number of nitrogens with one attached hydrogen (secondary N) is 2. The standard InChI is InChI=1S/C22H19N5O2/c1-28-20-9-5-6-17(14-20)24-21-15-23-27-22(26-21)25-16-10-12-19(13-11-16)29-18-7-3-2-4-8-18/h2-15H,1H3,(H2,24,25,26,27). The third-order valence-electron chi connectivity index (χ3n) is 3.99. The number of rotatable bonds is 7. The zero-order chi connectivity index (χ0) is 19.9. The molecule has 0 aliphatic rings. The Labute approximate surface area is 168 Å². The van der Waals surface area contributed by atoms with Crippen LogP contribution in [-0.2, 0) is 0 Å². The summed E-state index contributed by atoms with van der Waals surface area (Å²) < 4.78 is 11.0. The monoisotopic (exact) mass is 385 g/mol. The fourth-order valence-electron chi connectivity index (χ4n) is 2.63. The number of nitrogens with zero attached hydrogens (tertiary/aromatic N) is 3. The lowest BCUT2D eigenvalue weighted by Gasteiger charge is -2.09. The van der Waals surface area contributed by atoms with Gasteiger partial charge in [0.25, 0.3) is 0 Å². The van der Waals surface area contributed by atoms with E-state index < -0.39 is 0 Å². The van der Waals surface area contributed by atoms with Crippen molar-refractivity contribution in [1.82, 2.24) is 15.2 Å². The van der Waals surface area contributed by atoms with Gasteiger partial charge in [-0.1, -0.05) is 24.3 Å². The largest absolute Gasteiger partial charge is 0.497 e. The van der Waals surface area contributed by atoms with Gasteiger partial charge in [-0.05, 0) is 48.5 Å². The Hall–Kier alpha value is -4.13. The summed E-state index contributed by atoms with van der Waals surface area (Å²) in [5.74, 6) is 3.24. The molecule has 0 amide bonds. The molecule has 4 aromatic rings. The van der Waals surface area contributed by atoms with Crippen LogP contribution in [0.5, 0.6) is 17.2 Å². The molecule has 3 aromatic carbocycles. The number of hydrogen-bond donors (Lipinski definition) is 2. The molecule has 0 radical (unpaired) electrons. The van der Waals surface area contributed by atoms with E-state index in [2.05, 4.69) is 25.8 Å². The zero-order valence-electron chi connectivity index (χ0n) is 15.7. The third-order valence-corrected chi connectivity index (χ3v) is 3.99. The van der Waals surface area contributed by atoms with Crippen LogP contribution in [0.15, 0.2) is 85.1 Å². The molecule has 1 heterocycles. The van der Waals surface area contributed by atoms with Gasteiger partial charge in [0.15, 0.2) is 5.82 Å². The molecule has 0 saturated heterocycles. The molecule has 0 bridgehead atoms. The van der Waals surface area contributed by atoms with Crippen LogP contribution in [0.1, 0.15) is 0 Å². The van der Waals surface area contributed by atoms with Gasteiger partial charge in [0.05, 0.1) is 13.3 Å². The van der Waals surface area contributed by atoms with Gasteiger partial charge in [-0.2, -0.15) is 10.1 Å². The van der Waals surface area contributed by atoms with Crippen LogP contribution in [0.25, 0.3) is 0 Å². The van der Waals surface area contributed by atoms with E-state index in [1.165, 1.54) is 0 Å². The molecule has 0 aliphatic carbocycles. The Kier molecular flexibility index (Phi) is 5.48. The van der Waals surface area contributed by atoms with E-state index in [-0.39, 0.29) is 0 Å². The fraction of sp³-hybridized carbons (Fsp3) is 0.0455. The van der Waals surface area contributed by atoms with Crippen molar-refractivity contribution in [3.8, 4) is 17.2 Å². The fourth-order valence-corrected chi connectivity index (χ4v) is 2.63. The van der Waals surface area contributed by atoms with Crippen LogP contribution in [0.3, 0.4) is 0 Å². The molecule has 0 aliphatic heterocycles. The predicted molar refractivity (Wildman–Crippen MR) is 112 cm³/mol. The van der Waals surface area contributed by atoms with Crippen molar-refractivity contribution in [2.24, 2.45) is 0 Å². The Bertz CT molecular complexity index is 1070. The molecule has 144 valence electrons. The molecule has 0 saturated carbocycles. The lowest BCUT2D eigenvalue weighted by Crippen LogP contribution is -2.02. The molecular weight excluding hydrogens is 366 g/mol. The molecule has 29 heavy (non-hydrogen) atoms. The van der Waals surface area contributed by atoms with Gasteiger partial charge in [0.1, 0.15) is 17.2 Å². The highest BCUT2D eigenvalue weighted by atomic mass is 16.5. The maximum Gasteiger partial charge on any atom is 0.249 e. The van der Waals surface area contributed by atoms with Gasteiger partial charge < -0.3 is 20.1 Å². The highest BCUT2D eigenvalue weighted by Crippen LogP contribution is 2.24. The first kappa shape index (κ1) is 18.2. The van der Waals surface area contributed by atoms with E-state index in [9.17, 15) is 0 Å². The van der Waals surface area contributed by atoms with Crippen LogP contribution in [0, 0.1) is 0 Å². The minimum Gasteiger partial charge on any atom is -0.497 e. The number of para-hydroxylation sites is 1. The van der Waals surface area contributed by atoms with Crippen LogP contribution in [-0.4, -0.2) is 22.3 Å². The summed E-state index contributed by atoms with van der Waals surface area (Å²) >= 11 is 0. The first-order valence-electron chi connectivity index (χ1n) is 8.99. The van der Waals surface area contributed by atoms with Gasteiger partial charge >= 0.3 is 0 Å². The zero-order valence-corrected chi connectivity index (χ0v) is 15.7. The quantitative estimate of drug-likeness (QED) is 0.455. The second-order valence-electron chi connectivity index (χ2n) is 6.09. The predicted octanol–water partition coefficient (Wildman–Crippen LogP) is 5.16. The Morgan fingerprint density at radius 2 is 1.48 bits per heavy atom. The summed E-state index contributed by atoms with van der Waals surface area (Å²) in [4.78, 5) is 4.44. The SMILES string of the molecule is COc1cccc(Nc2cnnc(Nc3ccc(Oc4ccccc4)cc3)n2)c1. The number of hydrogen-bond acceptors (Lipinski definition) is 7. The van der Waals surface area contributed by atoms with Gasteiger partial charge in [0.2, 0.25) is 5.95 Å². The molecule has 0 spiro atoms. The molecule has 7 nitrogen and oxygen atoms in total. The molecule has 0 atom stereocenters. The topological polar surface area (TPSA) is 81.2 Å². The van der Waals surface area contributed by atoms with E-state index in [0.717, 1.165) is 28.6 Å². The van der Waals surface area contributed by atoms with Gasteiger partial charge in [-0.25, -0.2) is 0 Å². The van der Waals surface area contributed by atoms with Crippen LogP contribution in [0.2, 0.25) is 0 Å². The highest BCUT2D eigenvalue weighted by molar-refractivity contribution is 5.60. The van der Waals surface area contributed by atoms with Crippen molar-refractivity contribution >= 4 is 23.1 Å². The van der Waals surface area contributed by atoms with Crippen LogP contribution >= 0.6 is 0 Å². The van der Waals surface area contributed by atoms with E-state index in [0.29, 0.717) is 11.8 Å². The summed E-state index contributed by atoms with van der Waals surface area (Å²) in [6, 6.07) is 24.7. The molecule has 4 rings (SSSR count). The molecule has 0 unspecified atom stereocenters. The van der Waals surface area contributed by atoms with E-state index >= 15 is 0 Å². The van der Waals surface area contributed by atoms with Crippen molar-refractivity contribution < 1.29 is 9.47 Å². The van der Waals surface area contributed by atoms with Crippen molar-refractivity contribution in [3.05, 3.63) is 85.1 Å². The van der Waals surface area contributed by atoms with Crippen molar-refractivity contribution in [1.29, 1.82) is 0 Å². The highest BCUT2D eigenvalue weighted by Gasteiger charge is 2.04. The summed E-state index contributed by atoms with van der Waals surface area (Å²) in [5.41, 5.74) is 1.67. The average Bonchev–Trinajstić information content (AvgIpc) is 2.76. The van der Waals surface area contributed by atoms with Gasteiger partial charge in [-0.15, -0.1) is 5.10 Å². The minimum atomic E-state index is 0.384. The normalized spacial score (nSPS) is 10.2. The third kappa shape index (κ3) is 4.98. The first-order valence-corrected chi connectivity index (χ1v) is 8.99. The summed E-state index contributed by atoms with van der Waals surface area (Å²) in [7, 11) is 1.63. The smallest absolute Gasteiger partial charge is 0.249 e. The second kappa shape index (κ2) is 8.71. The second-order valence-corrected chi connectivity index (χ2v) is 6.09. The van der Waals surface area contributed by atoms with Crippen LogP contribution in [0.4, 0.5) is 23.1 Å². The van der Waals surface area contributed by atoms with Crippen molar-refractivity contribution in [3.63, 3.8) is 0 Å². The van der Waals surface area contributed by atoms with E-state index in [1.54, 1.807) is 13.3 Å².